The summed E-state index contributed by atoms with van der Waals surface area (Å²) in [5.74, 6) is -2.30. The molecule has 31 heavy (non-hydrogen) atoms. The standard InChI is InChI=1S/C26H26O5/c1-30-24(28)21-19-14-17-13-18(19)20(15-9-5-3-6-10-15)22(26(17,21)25(29)31-2)23(27)16-11-7-4-8-12-16/h3-12,17-22H,13-14H2,1-2H3/t17-,18+,19-,20-,21-,22-,26+/m1/s1. The van der Waals surface area contributed by atoms with Gasteiger partial charge in [0, 0.05) is 11.5 Å². The maximum absolute atomic E-state index is 14.1. The largest absolute Gasteiger partial charge is 0.469 e. The molecule has 4 aliphatic rings. The van der Waals surface area contributed by atoms with Gasteiger partial charge >= 0.3 is 11.9 Å². The minimum Gasteiger partial charge on any atom is -0.469 e. The molecule has 0 saturated heterocycles. The van der Waals surface area contributed by atoms with Crippen LogP contribution < -0.4 is 0 Å². The molecule has 0 amide bonds. The summed E-state index contributed by atoms with van der Waals surface area (Å²) in [7, 11) is 2.71. The summed E-state index contributed by atoms with van der Waals surface area (Å²) in [4.78, 5) is 40.6. The van der Waals surface area contributed by atoms with Crippen molar-refractivity contribution in [1.82, 2.24) is 0 Å². The first-order chi connectivity index (χ1) is 15.1. The van der Waals surface area contributed by atoms with Crippen molar-refractivity contribution in [3.05, 3.63) is 71.8 Å². The van der Waals surface area contributed by atoms with Crippen molar-refractivity contribution in [1.29, 1.82) is 0 Å². The monoisotopic (exact) mass is 418 g/mol. The molecule has 4 aliphatic carbocycles. The molecule has 0 aliphatic heterocycles. The highest BCUT2D eigenvalue weighted by Gasteiger charge is 2.78. The van der Waals surface area contributed by atoms with Crippen LogP contribution in [0, 0.1) is 35.0 Å². The fourth-order valence-corrected chi connectivity index (χ4v) is 7.26. The first-order valence-corrected chi connectivity index (χ1v) is 10.9. The number of Topliss-reactive ketones (excluding diaryl/α,β-unsaturated/α-hetero) is 1. The number of hydrogen-bond donors (Lipinski definition) is 0. The van der Waals surface area contributed by atoms with Crippen LogP contribution in [0.15, 0.2) is 60.7 Å². The van der Waals surface area contributed by atoms with Crippen molar-refractivity contribution >= 4 is 17.7 Å². The second-order valence-corrected chi connectivity index (χ2v) is 9.07. The van der Waals surface area contributed by atoms with Gasteiger partial charge in [-0.2, -0.15) is 0 Å². The van der Waals surface area contributed by atoms with Crippen molar-refractivity contribution in [2.45, 2.75) is 18.8 Å². The van der Waals surface area contributed by atoms with Gasteiger partial charge in [0.15, 0.2) is 5.78 Å². The maximum atomic E-state index is 14.1. The summed E-state index contributed by atoms with van der Waals surface area (Å²) >= 11 is 0. The van der Waals surface area contributed by atoms with Crippen molar-refractivity contribution in [3.63, 3.8) is 0 Å². The number of hydrogen-bond acceptors (Lipinski definition) is 5. The predicted octanol–water partition coefficient (Wildman–Crippen LogP) is 3.89. The van der Waals surface area contributed by atoms with E-state index in [0.29, 0.717) is 5.56 Å². The molecule has 0 unspecified atom stereocenters. The highest BCUT2D eigenvalue weighted by atomic mass is 16.5. The van der Waals surface area contributed by atoms with E-state index >= 15 is 0 Å². The fourth-order valence-electron chi connectivity index (χ4n) is 7.26. The van der Waals surface area contributed by atoms with E-state index in [9.17, 15) is 14.4 Å². The molecule has 0 N–H and O–H groups in total. The zero-order valence-corrected chi connectivity index (χ0v) is 17.7. The molecular weight excluding hydrogens is 392 g/mol. The average Bonchev–Trinajstić information content (AvgIpc) is 3.37. The Morgan fingerprint density at radius 3 is 2.03 bits per heavy atom. The van der Waals surface area contributed by atoms with E-state index in [4.69, 9.17) is 9.47 Å². The molecule has 4 saturated carbocycles. The molecule has 2 aromatic carbocycles. The first-order valence-electron chi connectivity index (χ1n) is 10.9. The SMILES string of the molecule is COC(=O)[C@H]1[C@@H]2C[C@H]3C[C@@H]2[C@@H](c2ccccc2)[C@H](C(=O)c2ccccc2)[C@]31C(=O)OC. The zero-order valence-electron chi connectivity index (χ0n) is 17.7. The minimum absolute atomic E-state index is 0.0154. The normalized spacial score (nSPS) is 35.0. The lowest BCUT2D eigenvalue weighted by molar-refractivity contribution is -0.187. The molecule has 6 rings (SSSR count). The number of benzene rings is 2. The Hall–Kier alpha value is -2.95. The summed E-state index contributed by atoms with van der Waals surface area (Å²) in [6.45, 7) is 0. The zero-order chi connectivity index (χ0) is 21.8. The third-order valence-electron chi connectivity index (χ3n) is 8.14. The Bertz CT molecular complexity index is 1020. The lowest BCUT2D eigenvalue weighted by Gasteiger charge is -2.56. The van der Waals surface area contributed by atoms with Crippen molar-refractivity contribution in [2.24, 2.45) is 35.0 Å². The van der Waals surface area contributed by atoms with Crippen LogP contribution in [-0.4, -0.2) is 31.9 Å². The third kappa shape index (κ3) is 2.58. The lowest BCUT2D eigenvalue weighted by atomic mass is 9.44. The quantitative estimate of drug-likeness (QED) is 0.544. The van der Waals surface area contributed by atoms with Gasteiger partial charge in [-0.15, -0.1) is 0 Å². The van der Waals surface area contributed by atoms with Gasteiger partial charge in [0.05, 0.1) is 25.6 Å². The number of carbonyl (C=O) groups excluding carboxylic acids is 3. The van der Waals surface area contributed by atoms with E-state index in [2.05, 4.69) is 0 Å². The molecule has 0 radical (unpaired) electrons. The fraction of sp³-hybridized carbons (Fsp3) is 0.423. The van der Waals surface area contributed by atoms with Crippen LogP contribution in [-0.2, 0) is 19.1 Å². The van der Waals surface area contributed by atoms with E-state index < -0.39 is 29.2 Å². The smallest absolute Gasteiger partial charge is 0.313 e. The third-order valence-corrected chi connectivity index (χ3v) is 8.14. The van der Waals surface area contributed by atoms with Crippen molar-refractivity contribution in [3.8, 4) is 0 Å². The van der Waals surface area contributed by atoms with Crippen LogP contribution in [0.5, 0.6) is 0 Å². The molecule has 2 aromatic rings. The van der Waals surface area contributed by atoms with Crippen LogP contribution in [0.4, 0.5) is 0 Å². The van der Waals surface area contributed by atoms with Gasteiger partial charge in [-0.05, 0) is 42.1 Å². The summed E-state index contributed by atoms with van der Waals surface area (Å²) in [6.07, 6.45) is 1.58. The Morgan fingerprint density at radius 1 is 0.806 bits per heavy atom. The molecule has 160 valence electrons. The van der Waals surface area contributed by atoms with Gasteiger partial charge in [-0.3, -0.25) is 14.4 Å². The highest BCUT2D eigenvalue weighted by molar-refractivity contribution is 6.04. The van der Waals surface area contributed by atoms with Crippen molar-refractivity contribution in [2.75, 3.05) is 14.2 Å². The van der Waals surface area contributed by atoms with Gasteiger partial charge in [-0.25, -0.2) is 0 Å². The highest BCUT2D eigenvalue weighted by Crippen LogP contribution is 2.75. The van der Waals surface area contributed by atoms with Gasteiger partial charge < -0.3 is 9.47 Å². The Labute approximate surface area is 181 Å². The first kappa shape index (κ1) is 20.0. The average molecular weight is 418 g/mol. The summed E-state index contributed by atoms with van der Waals surface area (Å²) in [5, 5.41) is 0. The second kappa shape index (κ2) is 7.33. The van der Waals surface area contributed by atoms with E-state index in [1.54, 1.807) is 12.1 Å². The van der Waals surface area contributed by atoms with E-state index in [1.807, 2.05) is 48.5 Å². The number of esters is 2. The van der Waals surface area contributed by atoms with Gasteiger partial charge in [0.2, 0.25) is 0 Å². The topological polar surface area (TPSA) is 69.7 Å². The summed E-state index contributed by atoms with van der Waals surface area (Å²) in [5.41, 5.74) is 0.406. The lowest BCUT2D eigenvalue weighted by Crippen LogP contribution is -2.63. The second-order valence-electron chi connectivity index (χ2n) is 9.07. The summed E-state index contributed by atoms with van der Waals surface area (Å²) < 4.78 is 10.5. The number of ketones is 1. The molecular formula is C26H26O5. The van der Waals surface area contributed by atoms with Crippen LogP contribution >= 0.6 is 0 Å². The molecule has 4 bridgehead atoms. The number of carbonyl (C=O) groups is 3. The number of ether oxygens (including phenoxy) is 2. The minimum atomic E-state index is -1.20. The van der Waals surface area contributed by atoms with E-state index in [-0.39, 0.29) is 29.5 Å². The van der Waals surface area contributed by atoms with Gasteiger partial charge in [-0.1, -0.05) is 60.7 Å². The van der Waals surface area contributed by atoms with Crippen LogP contribution in [0.2, 0.25) is 0 Å². The molecule has 4 fully saturated rings. The molecule has 5 nitrogen and oxygen atoms in total. The molecule has 0 aromatic heterocycles. The van der Waals surface area contributed by atoms with Crippen LogP contribution in [0.1, 0.15) is 34.7 Å². The molecule has 0 heterocycles. The Balaban J connectivity index is 1.75. The molecule has 7 atom stereocenters. The Morgan fingerprint density at radius 2 is 1.42 bits per heavy atom. The van der Waals surface area contributed by atoms with Crippen molar-refractivity contribution < 1.29 is 23.9 Å². The van der Waals surface area contributed by atoms with Crippen LogP contribution in [0.3, 0.4) is 0 Å². The predicted molar refractivity (Wildman–Crippen MR) is 113 cm³/mol. The summed E-state index contributed by atoms with van der Waals surface area (Å²) in [6, 6.07) is 19.0. The van der Waals surface area contributed by atoms with E-state index in [1.165, 1.54) is 14.2 Å². The van der Waals surface area contributed by atoms with Gasteiger partial charge in [0.25, 0.3) is 0 Å². The number of rotatable bonds is 5. The maximum Gasteiger partial charge on any atom is 0.313 e. The van der Waals surface area contributed by atoms with Gasteiger partial charge in [0.1, 0.15) is 0 Å². The van der Waals surface area contributed by atoms with E-state index in [0.717, 1.165) is 18.4 Å². The van der Waals surface area contributed by atoms with Crippen LogP contribution in [0.25, 0.3) is 0 Å². The molecule has 5 heteroatoms. The number of fused-ring (bicyclic) bond motifs is 1. The Kier molecular flexibility index (Phi) is 4.72. The molecule has 0 spiro atoms. The number of methoxy groups -OCH3 is 2.